The summed E-state index contributed by atoms with van der Waals surface area (Å²) in [6, 6.07) is 3.30. The molecule has 0 saturated carbocycles. The Kier molecular flexibility index (Phi) is 5.75. The monoisotopic (exact) mass is 396 g/mol. The molecule has 0 bridgehead atoms. The minimum absolute atomic E-state index is 0.0859. The first-order valence-corrected chi connectivity index (χ1v) is 9.19. The van der Waals surface area contributed by atoms with Crippen LogP contribution in [0.2, 0.25) is 5.02 Å². The van der Waals surface area contributed by atoms with Crippen LogP contribution in [-0.2, 0) is 9.53 Å². The van der Waals surface area contributed by atoms with Crippen molar-refractivity contribution in [3.63, 3.8) is 0 Å². The van der Waals surface area contributed by atoms with Gasteiger partial charge in [-0.15, -0.1) is 11.3 Å². The number of aliphatic carboxylic acids is 1. The summed E-state index contributed by atoms with van der Waals surface area (Å²) >= 11 is 7.38. The van der Waals surface area contributed by atoms with E-state index in [-0.39, 0.29) is 16.8 Å². The Balaban J connectivity index is 1.76. The number of benzene rings is 1. The Morgan fingerprint density at radius 1 is 1.50 bits per heavy atom. The number of amides is 1. The normalized spacial score (nSPS) is 17.7. The average molecular weight is 397 g/mol. The van der Waals surface area contributed by atoms with Crippen molar-refractivity contribution in [3.05, 3.63) is 44.9 Å². The smallest absolute Gasteiger partial charge is 0.330 e. The molecule has 3 rings (SSSR count). The molecular formula is C17H17ClN2O5S. The molecule has 1 saturated heterocycles. The number of hydrogen-bond donors (Lipinski definition) is 2. The maximum Gasteiger partial charge on any atom is 0.330 e. The van der Waals surface area contributed by atoms with E-state index in [1.165, 1.54) is 24.5 Å². The molecule has 138 valence electrons. The molecule has 0 spiro atoms. The van der Waals surface area contributed by atoms with Gasteiger partial charge in [0.2, 0.25) is 0 Å². The third kappa shape index (κ3) is 3.98. The lowest BCUT2D eigenvalue weighted by Crippen LogP contribution is -2.34. The maximum absolute atomic E-state index is 12.4. The van der Waals surface area contributed by atoms with Crippen molar-refractivity contribution in [3.8, 4) is 5.75 Å². The molecule has 1 aromatic carbocycles. The van der Waals surface area contributed by atoms with E-state index in [9.17, 15) is 14.7 Å². The second kappa shape index (κ2) is 8.03. The number of carbonyl (C=O) groups is 2. The first-order valence-electron chi connectivity index (χ1n) is 7.93. The predicted molar refractivity (Wildman–Crippen MR) is 95.9 cm³/mol. The number of methoxy groups -OCH3 is 1. The van der Waals surface area contributed by atoms with Gasteiger partial charge in [0.1, 0.15) is 22.6 Å². The molecule has 1 fully saturated rings. The van der Waals surface area contributed by atoms with Crippen LogP contribution in [0, 0.1) is 0 Å². The lowest BCUT2D eigenvalue weighted by molar-refractivity contribution is -0.139. The number of nitrogens with zero attached hydrogens (tertiary/aromatic N) is 1. The summed E-state index contributed by atoms with van der Waals surface area (Å²) in [6.07, 6.45) is 1.75. The molecule has 1 amide bonds. The van der Waals surface area contributed by atoms with Gasteiger partial charge in [-0.25, -0.2) is 9.78 Å². The highest BCUT2D eigenvalue weighted by Crippen LogP contribution is 2.31. The molecule has 0 aliphatic carbocycles. The van der Waals surface area contributed by atoms with Crippen molar-refractivity contribution < 1.29 is 24.2 Å². The number of halogens is 1. The molecule has 1 aliphatic rings. The predicted octanol–water partition coefficient (Wildman–Crippen LogP) is 3.21. The topological polar surface area (TPSA) is 97.8 Å². The second-order valence-electron chi connectivity index (χ2n) is 5.71. The number of hydrogen-bond acceptors (Lipinski definition) is 6. The summed E-state index contributed by atoms with van der Waals surface area (Å²) in [4.78, 5) is 28.3. The molecule has 2 N–H and O–H groups in total. The molecule has 2 atom stereocenters. The van der Waals surface area contributed by atoms with Gasteiger partial charge in [0, 0.05) is 12.0 Å². The van der Waals surface area contributed by atoms with E-state index in [0.29, 0.717) is 17.9 Å². The van der Waals surface area contributed by atoms with Crippen LogP contribution in [-0.4, -0.2) is 35.7 Å². The summed E-state index contributed by atoms with van der Waals surface area (Å²) < 4.78 is 10.6. The van der Waals surface area contributed by atoms with E-state index < -0.39 is 17.9 Å². The van der Waals surface area contributed by atoms with Gasteiger partial charge in [-0.1, -0.05) is 17.7 Å². The zero-order chi connectivity index (χ0) is 18.7. The van der Waals surface area contributed by atoms with Crippen LogP contribution in [0.15, 0.2) is 23.6 Å². The van der Waals surface area contributed by atoms with Gasteiger partial charge in [0.05, 0.1) is 12.1 Å². The summed E-state index contributed by atoms with van der Waals surface area (Å²) in [6.45, 7) is 0.686. The quantitative estimate of drug-likeness (QED) is 0.778. The summed E-state index contributed by atoms with van der Waals surface area (Å²) in [5.74, 6) is -1.34. The third-order valence-electron chi connectivity index (χ3n) is 3.99. The molecule has 1 aromatic heterocycles. The van der Waals surface area contributed by atoms with E-state index >= 15 is 0 Å². The van der Waals surface area contributed by atoms with Crippen molar-refractivity contribution in [2.75, 3.05) is 13.7 Å². The molecular weight excluding hydrogens is 380 g/mol. The van der Waals surface area contributed by atoms with Gasteiger partial charge in [-0.2, -0.15) is 0 Å². The number of rotatable bonds is 6. The Bertz CT molecular complexity index is 819. The Labute approximate surface area is 158 Å². The minimum atomic E-state index is -1.25. The Morgan fingerprint density at radius 3 is 2.92 bits per heavy atom. The first-order chi connectivity index (χ1) is 12.5. The van der Waals surface area contributed by atoms with E-state index in [0.717, 1.165) is 17.8 Å². The summed E-state index contributed by atoms with van der Waals surface area (Å²) in [5, 5.41) is 14.6. The van der Waals surface area contributed by atoms with Gasteiger partial charge < -0.3 is 19.9 Å². The molecule has 1 aliphatic heterocycles. The van der Waals surface area contributed by atoms with Crippen LogP contribution in [0.25, 0.3) is 0 Å². The van der Waals surface area contributed by atoms with Gasteiger partial charge in [0.15, 0.2) is 6.04 Å². The first kappa shape index (κ1) is 18.6. The largest absolute Gasteiger partial charge is 0.495 e. The number of nitrogens with one attached hydrogen (secondary N) is 1. The highest BCUT2D eigenvalue weighted by molar-refractivity contribution is 7.09. The highest BCUT2D eigenvalue weighted by Gasteiger charge is 2.26. The van der Waals surface area contributed by atoms with Crippen LogP contribution in [0.5, 0.6) is 5.75 Å². The summed E-state index contributed by atoms with van der Waals surface area (Å²) in [7, 11) is 1.46. The van der Waals surface area contributed by atoms with Crippen molar-refractivity contribution in [1.29, 1.82) is 0 Å². The van der Waals surface area contributed by atoms with Crippen molar-refractivity contribution in [2.24, 2.45) is 0 Å². The fraction of sp³-hybridized carbons (Fsp3) is 0.353. The number of carboxylic acid groups (broad SMARTS) is 1. The van der Waals surface area contributed by atoms with Crippen molar-refractivity contribution in [1.82, 2.24) is 10.3 Å². The molecule has 7 nitrogen and oxygen atoms in total. The molecule has 2 heterocycles. The highest BCUT2D eigenvalue weighted by atomic mass is 35.5. The van der Waals surface area contributed by atoms with Crippen LogP contribution in [0.1, 0.15) is 46.0 Å². The van der Waals surface area contributed by atoms with E-state index in [1.54, 1.807) is 17.5 Å². The van der Waals surface area contributed by atoms with E-state index in [2.05, 4.69) is 10.3 Å². The number of thiazole rings is 1. The number of ether oxygens (including phenoxy) is 2. The van der Waals surface area contributed by atoms with Crippen molar-refractivity contribution in [2.45, 2.75) is 25.0 Å². The van der Waals surface area contributed by atoms with E-state index in [4.69, 9.17) is 21.1 Å². The fourth-order valence-electron chi connectivity index (χ4n) is 2.67. The molecule has 0 radical (unpaired) electrons. The number of carbonyl (C=O) groups excluding carboxylic acids is 1. The van der Waals surface area contributed by atoms with E-state index in [1.807, 2.05) is 0 Å². The molecule has 2 unspecified atom stereocenters. The standard InChI is InChI=1S/C17H17ClN2O5S/c1-24-12-5-4-9(7-10(12)18)14(17(22)23)20-15(21)11-8-26-16(19-11)13-3-2-6-25-13/h4-5,7-8,13-14H,2-3,6H2,1H3,(H,20,21)(H,22,23). The SMILES string of the molecule is COc1ccc(C(NC(=O)c2csc(C3CCCO3)n2)C(=O)O)cc1Cl. The average Bonchev–Trinajstić information content (AvgIpc) is 3.30. The molecule has 26 heavy (non-hydrogen) atoms. The maximum atomic E-state index is 12.4. The van der Waals surface area contributed by atoms with Crippen LogP contribution in [0.4, 0.5) is 0 Å². The van der Waals surface area contributed by atoms with Crippen LogP contribution < -0.4 is 10.1 Å². The van der Waals surface area contributed by atoms with Gasteiger partial charge in [-0.3, -0.25) is 4.79 Å². The molecule has 2 aromatic rings. The number of carboxylic acids is 1. The Hall–Kier alpha value is -2.16. The van der Waals surface area contributed by atoms with Crippen LogP contribution in [0.3, 0.4) is 0 Å². The zero-order valence-electron chi connectivity index (χ0n) is 13.9. The van der Waals surface area contributed by atoms with Gasteiger partial charge in [-0.05, 0) is 30.5 Å². The lowest BCUT2D eigenvalue weighted by atomic mass is 10.1. The Morgan fingerprint density at radius 2 is 2.31 bits per heavy atom. The lowest BCUT2D eigenvalue weighted by Gasteiger charge is -2.15. The summed E-state index contributed by atoms with van der Waals surface area (Å²) in [5.41, 5.74) is 0.512. The van der Waals surface area contributed by atoms with Crippen molar-refractivity contribution >= 4 is 34.8 Å². The van der Waals surface area contributed by atoms with Gasteiger partial charge >= 0.3 is 5.97 Å². The number of aromatic nitrogens is 1. The third-order valence-corrected chi connectivity index (χ3v) is 5.22. The minimum Gasteiger partial charge on any atom is -0.495 e. The second-order valence-corrected chi connectivity index (χ2v) is 7.01. The van der Waals surface area contributed by atoms with Crippen LogP contribution >= 0.6 is 22.9 Å². The van der Waals surface area contributed by atoms with Gasteiger partial charge in [0.25, 0.3) is 5.91 Å². The fourth-order valence-corrected chi connectivity index (χ4v) is 3.81. The zero-order valence-corrected chi connectivity index (χ0v) is 15.5. The molecule has 9 heteroatoms.